The zero-order valence-electron chi connectivity index (χ0n) is 14.2. The standard InChI is InChI=1S/C15H21NO7S/c1-11(17)21-10-12-6-8-13(9-7-12)16(23-24(5,19)20)14(18)22-15(2,3)4/h6-9H,10H2,1-5H3. The lowest BCUT2D eigenvalue weighted by Crippen LogP contribution is -2.38. The number of hydrogen-bond acceptors (Lipinski definition) is 7. The Balaban J connectivity index is 3.02. The lowest BCUT2D eigenvalue weighted by molar-refractivity contribution is -0.142. The molecule has 1 rings (SSSR count). The molecule has 0 bridgehead atoms. The molecular weight excluding hydrogens is 338 g/mol. The van der Waals surface area contributed by atoms with E-state index in [1.165, 1.54) is 19.1 Å². The maximum atomic E-state index is 12.2. The molecule has 0 N–H and O–H groups in total. The number of benzene rings is 1. The lowest BCUT2D eigenvalue weighted by atomic mass is 10.2. The summed E-state index contributed by atoms with van der Waals surface area (Å²) in [6, 6.07) is 6.05. The number of anilines is 1. The second-order valence-corrected chi connectivity index (χ2v) is 7.56. The van der Waals surface area contributed by atoms with Gasteiger partial charge in [0.2, 0.25) is 0 Å². The molecule has 0 radical (unpaired) electrons. The van der Waals surface area contributed by atoms with Crippen LogP contribution >= 0.6 is 0 Å². The number of carbonyl (C=O) groups excluding carboxylic acids is 2. The van der Waals surface area contributed by atoms with Crippen molar-refractivity contribution in [2.75, 3.05) is 11.3 Å². The van der Waals surface area contributed by atoms with Crippen LogP contribution < -0.4 is 5.06 Å². The molecule has 9 heteroatoms. The molecule has 0 saturated carbocycles. The van der Waals surface area contributed by atoms with Crippen LogP contribution in [0.1, 0.15) is 33.3 Å². The first-order valence-electron chi connectivity index (χ1n) is 7.02. The van der Waals surface area contributed by atoms with Crippen LogP contribution in [0.3, 0.4) is 0 Å². The van der Waals surface area contributed by atoms with E-state index in [1.807, 2.05) is 0 Å². The summed E-state index contributed by atoms with van der Waals surface area (Å²) in [5.74, 6) is -0.421. The van der Waals surface area contributed by atoms with Gasteiger partial charge in [-0.2, -0.15) is 8.42 Å². The van der Waals surface area contributed by atoms with Gasteiger partial charge in [0.25, 0.3) is 10.1 Å². The average molecular weight is 359 g/mol. The number of ether oxygens (including phenoxy) is 2. The zero-order valence-corrected chi connectivity index (χ0v) is 15.0. The summed E-state index contributed by atoms with van der Waals surface area (Å²) in [6.07, 6.45) is -0.153. The van der Waals surface area contributed by atoms with Crippen LogP contribution in [0.15, 0.2) is 24.3 Å². The predicted octanol–water partition coefficient (Wildman–Crippen LogP) is 2.38. The van der Waals surface area contributed by atoms with Crippen LogP contribution in [0.5, 0.6) is 0 Å². The molecule has 134 valence electrons. The van der Waals surface area contributed by atoms with Crippen molar-refractivity contribution in [1.29, 1.82) is 0 Å². The highest BCUT2D eigenvalue weighted by atomic mass is 32.2. The monoisotopic (exact) mass is 359 g/mol. The number of rotatable bonds is 5. The van der Waals surface area contributed by atoms with Crippen molar-refractivity contribution < 1.29 is 31.8 Å². The number of carbonyl (C=O) groups is 2. The van der Waals surface area contributed by atoms with Crippen molar-refractivity contribution in [1.82, 2.24) is 0 Å². The van der Waals surface area contributed by atoms with Gasteiger partial charge in [-0.25, -0.2) is 4.79 Å². The summed E-state index contributed by atoms with van der Waals surface area (Å²) in [6.45, 7) is 6.29. The van der Waals surface area contributed by atoms with E-state index in [2.05, 4.69) is 0 Å². The van der Waals surface area contributed by atoms with Gasteiger partial charge in [0.1, 0.15) is 12.2 Å². The molecule has 8 nitrogen and oxygen atoms in total. The average Bonchev–Trinajstić information content (AvgIpc) is 2.40. The fourth-order valence-corrected chi connectivity index (χ4v) is 1.95. The van der Waals surface area contributed by atoms with Gasteiger partial charge in [0.15, 0.2) is 0 Å². The molecule has 0 fully saturated rings. The zero-order chi connectivity index (χ0) is 18.5. The smallest absolute Gasteiger partial charge is 0.440 e. The van der Waals surface area contributed by atoms with Crippen LogP contribution in [0.2, 0.25) is 0 Å². The number of hydrogen-bond donors (Lipinski definition) is 0. The van der Waals surface area contributed by atoms with Crippen molar-refractivity contribution in [2.24, 2.45) is 0 Å². The maximum absolute atomic E-state index is 12.2. The topological polar surface area (TPSA) is 99.2 Å². The maximum Gasteiger partial charge on any atom is 0.440 e. The molecule has 1 amide bonds. The summed E-state index contributed by atoms with van der Waals surface area (Å²) in [5.41, 5.74) is -0.00968. The van der Waals surface area contributed by atoms with E-state index in [-0.39, 0.29) is 12.3 Å². The molecular formula is C15H21NO7S. The highest BCUT2D eigenvalue weighted by molar-refractivity contribution is 7.86. The molecule has 0 saturated heterocycles. The predicted molar refractivity (Wildman–Crippen MR) is 86.6 cm³/mol. The summed E-state index contributed by atoms with van der Waals surface area (Å²) in [4.78, 5) is 23.0. The largest absolute Gasteiger partial charge is 0.461 e. The van der Waals surface area contributed by atoms with E-state index in [0.717, 1.165) is 6.26 Å². The highest BCUT2D eigenvalue weighted by Gasteiger charge is 2.27. The summed E-state index contributed by atoms with van der Waals surface area (Å²) >= 11 is 0. The SMILES string of the molecule is CC(=O)OCc1ccc(N(OS(C)(=O)=O)C(=O)OC(C)(C)C)cc1. The third-order valence-electron chi connectivity index (χ3n) is 2.38. The van der Waals surface area contributed by atoms with Crippen molar-refractivity contribution in [3.05, 3.63) is 29.8 Å². The second-order valence-electron chi connectivity index (χ2n) is 6.00. The second kappa shape index (κ2) is 7.63. The molecule has 0 aliphatic heterocycles. The first kappa shape index (κ1) is 19.9. The molecule has 0 aromatic heterocycles. The van der Waals surface area contributed by atoms with Crippen molar-refractivity contribution in [2.45, 2.75) is 39.9 Å². The Morgan fingerprint density at radius 3 is 2.08 bits per heavy atom. The van der Waals surface area contributed by atoms with Gasteiger partial charge in [-0.3, -0.25) is 4.79 Å². The van der Waals surface area contributed by atoms with E-state index < -0.39 is 27.8 Å². The fraction of sp³-hybridized carbons (Fsp3) is 0.467. The third-order valence-corrected chi connectivity index (χ3v) is 2.80. The fourth-order valence-electron chi connectivity index (χ4n) is 1.53. The minimum atomic E-state index is -3.95. The van der Waals surface area contributed by atoms with E-state index in [4.69, 9.17) is 13.8 Å². The molecule has 0 unspecified atom stereocenters. The molecule has 0 spiro atoms. The Morgan fingerprint density at radius 1 is 1.12 bits per heavy atom. The number of esters is 1. The van der Waals surface area contributed by atoms with Gasteiger partial charge < -0.3 is 9.47 Å². The van der Waals surface area contributed by atoms with Gasteiger partial charge in [-0.1, -0.05) is 12.1 Å². The van der Waals surface area contributed by atoms with Crippen LogP contribution in [0, 0.1) is 0 Å². The van der Waals surface area contributed by atoms with Crippen molar-refractivity contribution in [3.8, 4) is 0 Å². The Hall–Kier alpha value is -2.13. The molecule has 0 atom stereocenters. The first-order chi connectivity index (χ1) is 10.9. The summed E-state index contributed by atoms with van der Waals surface area (Å²) < 4.78 is 37.5. The number of hydroxylamine groups is 1. The Bertz CT molecular complexity index is 690. The van der Waals surface area contributed by atoms with Gasteiger partial charge in [0.05, 0.1) is 11.9 Å². The van der Waals surface area contributed by atoms with Crippen LogP contribution in [0.25, 0.3) is 0 Å². The van der Waals surface area contributed by atoms with Gasteiger partial charge >= 0.3 is 12.1 Å². The normalized spacial score (nSPS) is 11.7. The first-order valence-corrected chi connectivity index (χ1v) is 8.84. The van der Waals surface area contributed by atoms with Crippen molar-refractivity contribution >= 4 is 27.9 Å². The molecule has 0 aliphatic carbocycles. The van der Waals surface area contributed by atoms with Crippen LogP contribution in [0.4, 0.5) is 10.5 Å². The van der Waals surface area contributed by atoms with Gasteiger partial charge in [-0.05, 0) is 38.5 Å². The number of amides is 1. The highest BCUT2D eigenvalue weighted by Crippen LogP contribution is 2.21. The van der Waals surface area contributed by atoms with Crippen LogP contribution in [-0.2, 0) is 35.3 Å². The number of nitrogens with zero attached hydrogens (tertiary/aromatic N) is 1. The Morgan fingerprint density at radius 2 is 1.67 bits per heavy atom. The minimum absolute atomic E-state index is 0.0645. The molecule has 1 aromatic carbocycles. The van der Waals surface area contributed by atoms with E-state index in [9.17, 15) is 18.0 Å². The Labute approximate surface area is 141 Å². The molecule has 0 aliphatic rings. The molecule has 1 aromatic rings. The van der Waals surface area contributed by atoms with Gasteiger partial charge in [0, 0.05) is 6.92 Å². The third kappa shape index (κ3) is 7.42. The summed E-state index contributed by atoms with van der Waals surface area (Å²) in [7, 11) is -3.95. The van der Waals surface area contributed by atoms with Crippen molar-refractivity contribution in [3.63, 3.8) is 0 Å². The summed E-state index contributed by atoms with van der Waals surface area (Å²) in [5, 5.41) is 0.552. The van der Waals surface area contributed by atoms with Crippen LogP contribution in [-0.4, -0.2) is 32.3 Å². The molecule has 0 heterocycles. The van der Waals surface area contributed by atoms with Gasteiger partial charge in [-0.15, -0.1) is 9.35 Å². The Kier molecular flexibility index (Phi) is 6.33. The van der Waals surface area contributed by atoms with E-state index in [0.29, 0.717) is 10.6 Å². The van der Waals surface area contributed by atoms with E-state index in [1.54, 1.807) is 32.9 Å². The van der Waals surface area contributed by atoms with E-state index >= 15 is 0 Å². The molecule has 24 heavy (non-hydrogen) atoms. The quantitative estimate of drug-likeness (QED) is 0.588. The lowest BCUT2D eigenvalue weighted by Gasteiger charge is -2.25. The minimum Gasteiger partial charge on any atom is -0.461 e.